The lowest BCUT2D eigenvalue weighted by Gasteiger charge is -2.13. The van der Waals surface area contributed by atoms with Crippen molar-refractivity contribution in [2.24, 2.45) is 0 Å². The van der Waals surface area contributed by atoms with Crippen LogP contribution >= 0.6 is 34.2 Å². The number of hydrogen-bond acceptors (Lipinski definition) is 3. The van der Waals surface area contributed by atoms with E-state index in [2.05, 4.69) is 33.0 Å². The van der Waals surface area contributed by atoms with Crippen LogP contribution in [0.1, 0.15) is 10.4 Å². The Bertz CT molecular complexity index is 849. The van der Waals surface area contributed by atoms with Gasteiger partial charge in [-0.1, -0.05) is 11.6 Å². The molecule has 0 atom stereocenters. The molecule has 0 aliphatic rings. The molecule has 3 rings (SSSR count). The van der Waals surface area contributed by atoms with E-state index in [1.807, 2.05) is 24.3 Å². The molecule has 2 aromatic carbocycles. The minimum Gasteiger partial charge on any atom is -0.478 e. The van der Waals surface area contributed by atoms with Crippen molar-refractivity contribution in [1.82, 2.24) is 9.78 Å². The predicted octanol–water partition coefficient (Wildman–Crippen LogP) is 4.57. The van der Waals surface area contributed by atoms with Crippen LogP contribution in [0.2, 0.25) is 5.02 Å². The zero-order chi connectivity index (χ0) is 16.4. The van der Waals surface area contributed by atoms with E-state index in [-0.39, 0.29) is 5.56 Å². The number of anilines is 2. The second-order valence-corrected chi connectivity index (χ2v) is 6.39. The standard InChI is InChI=1S/C16H11ClIN3O2/c17-13-8-12(16(22)23)14(9-15(13)21-7-1-6-19-21)20-11-4-2-10(18)3-5-11/h1-9,20H,(H,22,23). The predicted molar refractivity (Wildman–Crippen MR) is 98.0 cm³/mol. The maximum Gasteiger partial charge on any atom is 0.337 e. The molecule has 0 saturated carbocycles. The first-order chi connectivity index (χ1) is 11.0. The second kappa shape index (κ2) is 6.59. The van der Waals surface area contributed by atoms with Gasteiger partial charge >= 0.3 is 5.97 Å². The first-order valence-electron chi connectivity index (χ1n) is 6.64. The summed E-state index contributed by atoms with van der Waals surface area (Å²) in [7, 11) is 0. The van der Waals surface area contributed by atoms with Crippen molar-refractivity contribution in [1.29, 1.82) is 0 Å². The highest BCUT2D eigenvalue weighted by atomic mass is 127. The summed E-state index contributed by atoms with van der Waals surface area (Å²) in [6.45, 7) is 0. The van der Waals surface area contributed by atoms with E-state index >= 15 is 0 Å². The van der Waals surface area contributed by atoms with Gasteiger partial charge in [0.15, 0.2) is 0 Å². The lowest BCUT2D eigenvalue weighted by Crippen LogP contribution is -2.06. The van der Waals surface area contributed by atoms with E-state index in [0.29, 0.717) is 16.4 Å². The molecule has 23 heavy (non-hydrogen) atoms. The Labute approximate surface area is 151 Å². The summed E-state index contributed by atoms with van der Waals surface area (Å²) in [6, 6.07) is 12.5. The first kappa shape index (κ1) is 15.8. The Morgan fingerprint density at radius 2 is 2.00 bits per heavy atom. The van der Waals surface area contributed by atoms with Gasteiger partial charge in [-0.05, 0) is 65.1 Å². The maximum absolute atomic E-state index is 11.5. The minimum absolute atomic E-state index is 0.101. The van der Waals surface area contributed by atoms with Gasteiger partial charge in [0.1, 0.15) is 0 Å². The second-order valence-electron chi connectivity index (χ2n) is 4.74. The Kier molecular flexibility index (Phi) is 4.53. The molecule has 0 unspecified atom stereocenters. The first-order valence-corrected chi connectivity index (χ1v) is 8.10. The van der Waals surface area contributed by atoms with Crippen LogP contribution in [-0.4, -0.2) is 20.9 Å². The lowest BCUT2D eigenvalue weighted by atomic mass is 10.1. The van der Waals surface area contributed by atoms with Crippen LogP contribution in [0.3, 0.4) is 0 Å². The van der Waals surface area contributed by atoms with Crippen LogP contribution in [0.5, 0.6) is 0 Å². The Morgan fingerprint density at radius 3 is 2.61 bits per heavy atom. The normalized spacial score (nSPS) is 10.5. The molecule has 0 spiro atoms. The molecule has 1 aromatic heterocycles. The van der Waals surface area contributed by atoms with E-state index in [1.54, 1.807) is 29.2 Å². The molecule has 0 bridgehead atoms. The molecule has 0 amide bonds. The van der Waals surface area contributed by atoms with Gasteiger partial charge in [-0.25, -0.2) is 9.48 Å². The van der Waals surface area contributed by atoms with Gasteiger partial charge in [0, 0.05) is 21.7 Å². The van der Waals surface area contributed by atoms with Crippen LogP contribution in [0.25, 0.3) is 5.69 Å². The van der Waals surface area contributed by atoms with Crippen molar-refractivity contribution in [3.8, 4) is 5.69 Å². The van der Waals surface area contributed by atoms with E-state index in [1.165, 1.54) is 6.07 Å². The number of aromatic carboxylic acids is 1. The van der Waals surface area contributed by atoms with Crippen molar-refractivity contribution in [2.45, 2.75) is 0 Å². The summed E-state index contributed by atoms with van der Waals surface area (Å²) in [5, 5.41) is 17.0. The number of hydrogen-bond donors (Lipinski definition) is 2. The van der Waals surface area contributed by atoms with Crippen LogP contribution in [-0.2, 0) is 0 Å². The fraction of sp³-hybridized carbons (Fsp3) is 0. The quantitative estimate of drug-likeness (QED) is 0.584. The van der Waals surface area contributed by atoms with Crippen LogP contribution in [0.4, 0.5) is 11.4 Å². The molecule has 0 saturated heterocycles. The van der Waals surface area contributed by atoms with Crippen LogP contribution in [0, 0.1) is 3.57 Å². The molecule has 5 nitrogen and oxygen atoms in total. The van der Waals surface area contributed by atoms with E-state index in [0.717, 1.165) is 9.26 Å². The molecular formula is C16H11ClIN3O2. The summed E-state index contributed by atoms with van der Waals surface area (Å²) in [5.41, 5.74) is 1.95. The fourth-order valence-electron chi connectivity index (χ4n) is 2.12. The highest BCUT2D eigenvalue weighted by molar-refractivity contribution is 14.1. The van der Waals surface area contributed by atoms with Crippen molar-refractivity contribution in [2.75, 3.05) is 5.32 Å². The number of carboxylic acids is 1. The van der Waals surface area contributed by atoms with Gasteiger partial charge in [0.05, 0.1) is 22.0 Å². The molecule has 0 fully saturated rings. The highest BCUT2D eigenvalue weighted by Crippen LogP contribution is 2.30. The molecule has 116 valence electrons. The third-order valence-corrected chi connectivity index (χ3v) is 4.21. The van der Waals surface area contributed by atoms with Gasteiger partial charge in [0.25, 0.3) is 0 Å². The summed E-state index contributed by atoms with van der Waals surface area (Å²) in [6.07, 6.45) is 3.38. The van der Waals surface area contributed by atoms with E-state index < -0.39 is 5.97 Å². The number of rotatable bonds is 4. The number of nitrogens with one attached hydrogen (secondary N) is 1. The molecule has 0 radical (unpaired) electrons. The largest absolute Gasteiger partial charge is 0.478 e. The van der Waals surface area contributed by atoms with Crippen LogP contribution < -0.4 is 5.32 Å². The molecule has 7 heteroatoms. The lowest BCUT2D eigenvalue weighted by molar-refractivity contribution is 0.0698. The van der Waals surface area contributed by atoms with Gasteiger partial charge < -0.3 is 10.4 Å². The number of carbonyl (C=O) groups is 1. The summed E-state index contributed by atoms with van der Waals surface area (Å²) < 4.78 is 2.69. The fourth-order valence-corrected chi connectivity index (χ4v) is 2.73. The third-order valence-electron chi connectivity index (χ3n) is 3.19. The van der Waals surface area contributed by atoms with Gasteiger partial charge in [-0.3, -0.25) is 0 Å². The minimum atomic E-state index is -1.05. The number of nitrogens with zero attached hydrogens (tertiary/aromatic N) is 2. The van der Waals surface area contributed by atoms with Crippen LogP contribution in [0.15, 0.2) is 54.9 Å². The number of halogens is 2. The molecule has 2 N–H and O–H groups in total. The van der Waals surface area contributed by atoms with Crippen molar-refractivity contribution in [3.63, 3.8) is 0 Å². The molecule has 0 aliphatic heterocycles. The van der Waals surface area contributed by atoms with E-state index in [9.17, 15) is 9.90 Å². The van der Waals surface area contributed by atoms with Crippen molar-refractivity contribution < 1.29 is 9.90 Å². The average molecular weight is 440 g/mol. The Morgan fingerprint density at radius 1 is 1.26 bits per heavy atom. The number of carboxylic acid groups (broad SMARTS) is 1. The Hall–Kier alpha value is -2.06. The molecular weight excluding hydrogens is 429 g/mol. The monoisotopic (exact) mass is 439 g/mol. The molecule has 3 aromatic rings. The molecule has 1 heterocycles. The molecule has 0 aliphatic carbocycles. The highest BCUT2D eigenvalue weighted by Gasteiger charge is 2.15. The summed E-state index contributed by atoms with van der Waals surface area (Å²) in [5.74, 6) is -1.05. The SMILES string of the molecule is O=C(O)c1cc(Cl)c(-n2cccn2)cc1Nc1ccc(I)cc1. The van der Waals surface area contributed by atoms with Crippen molar-refractivity contribution >= 4 is 51.5 Å². The third kappa shape index (κ3) is 3.48. The number of aromatic nitrogens is 2. The smallest absolute Gasteiger partial charge is 0.337 e. The summed E-state index contributed by atoms with van der Waals surface area (Å²) >= 11 is 8.42. The topological polar surface area (TPSA) is 67.1 Å². The Balaban J connectivity index is 2.07. The van der Waals surface area contributed by atoms with Gasteiger partial charge in [-0.2, -0.15) is 5.10 Å². The van der Waals surface area contributed by atoms with E-state index in [4.69, 9.17) is 11.6 Å². The maximum atomic E-state index is 11.5. The number of benzene rings is 2. The van der Waals surface area contributed by atoms with Crippen molar-refractivity contribution in [3.05, 3.63) is 69.0 Å². The summed E-state index contributed by atoms with van der Waals surface area (Å²) in [4.78, 5) is 11.5. The zero-order valence-electron chi connectivity index (χ0n) is 11.7. The zero-order valence-corrected chi connectivity index (χ0v) is 14.6. The van der Waals surface area contributed by atoms with Gasteiger partial charge in [-0.15, -0.1) is 0 Å². The van der Waals surface area contributed by atoms with Gasteiger partial charge in [0.2, 0.25) is 0 Å². The average Bonchev–Trinajstić information content (AvgIpc) is 3.05.